The van der Waals surface area contributed by atoms with Crippen molar-refractivity contribution in [3.8, 4) is 11.3 Å². The highest BCUT2D eigenvalue weighted by Crippen LogP contribution is 2.56. The molecule has 0 radical (unpaired) electrons. The van der Waals surface area contributed by atoms with Gasteiger partial charge in [0.2, 0.25) is 5.91 Å². The van der Waals surface area contributed by atoms with Gasteiger partial charge in [0, 0.05) is 46.8 Å². The van der Waals surface area contributed by atoms with Gasteiger partial charge in [0.1, 0.15) is 17.0 Å². The summed E-state index contributed by atoms with van der Waals surface area (Å²) in [4.78, 5) is 18.0. The quantitative estimate of drug-likeness (QED) is 0.447. The van der Waals surface area contributed by atoms with Crippen molar-refractivity contribution < 1.29 is 9.18 Å². The van der Waals surface area contributed by atoms with Crippen LogP contribution >= 0.6 is 0 Å². The van der Waals surface area contributed by atoms with E-state index in [0.717, 1.165) is 53.5 Å². The number of fused-ring (bicyclic) bond motifs is 5. The number of amides is 1. The Labute approximate surface area is 201 Å². The van der Waals surface area contributed by atoms with Crippen molar-refractivity contribution in [3.63, 3.8) is 0 Å². The molecule has 0 bridgehead atoms. The van der Waals surface area contributed by atoms with Gasteiger partial charge >= 0.3 is 0 Å². The van der Waals surface area contributed by atoms with Crippen LogP contribution in [0.25, 0.3) is 22.2 Å². The second kappa shape index (κ2) is 6.34. The van der Waals surface area contributed by atoms with Gasteiger partial charge in [-0.25, -0.2) is 4.39 Å². The fraction of sp³-hybridized carbons (Fsp3) is 0.321. The smallest absolute Gasteiger partial charge is 0.242 e. The molecule has 6 nitrogen and oxygen atoms in total. The lowest BCUT2D eigenvalue weighted by atomic mass is 9.76. The number of para-hydroxylation sites is 1. The first kappa shape index (κ1) is 19.7. The van der Waals surface area contributed by atoms with Crippen LogP contribution in [0.1, 0.15) is 42.5 Å². The third-order valence-corrected chi connectivity index (χ3v) is 8.88. The van der Waals surface area contributed by atoms with Crippen LogP contribution in [0.5, 0.6) is 0 Å². The predicted octanol–water partition coefficient (Wildman–Crippen LogP) is 3.93. The number of carbonyl (C=O) groups excluding carboxylic acids is 1. The molecule has 174 valence electrons. The Morgan fingerprint density at radius 2 is 1.94 bits per heavy atom. The van der Waals surface area contributed by atoms with E-state index >= 15 is 0 Å². The average molecular weight is 466 g/mol. The number of aromatic nitrogens is 3. The van der Waals surface area contributed by atoms with Crippen molar-refractivity contribution in [2.24, 2.45) is 0 Å². The molecule has 2 fully saturated rings. The molecule has 2 N–H and O–H groups in total. The summed E-state index contributed by atoms with van der Waals surface area (Å²) >= 11 is 0. The zero-order valence-corrected chi connectivity index (χ0v) is 19.1. The number of nitrogens with zero attached hydrogens (tertiary/aromatic N) is 3. The van der Waals surface area contributed by atoms with Crippen molar-refractivity contribution in [3.05, 3.63) is 83.4 Å². The second-order valence-corrected chi connectivity index (χ2v) is 10.8. The van der Waals surface area contributed by atoms with Crippen molar-refractivity contribution in [1.29, 1.82) is 0 Å². The zero-order chi connectivity index (χ0) is 23.4. The van der Waals surface area contributed by atoms with Crippen LogP contribution in [0, 0.1) is 5.82 Å². The lowest BCUT2D eigenvalue weighted by Gasteiger charge is -2.42. The van der Waals surface area contributed by atoms with Crippen LogP contribution in [0.15, 0.2) is 60.8 Å². The van der Waals surface area contributed by atoms with E-state index in [-0.39, 0.29) is 17.1 Å². The van der Waals surface area contributed by atoms with E-state index in [2.05, 4.69) is 38.5 Å². The lowest BCUT2D eigenvalue weighted by Crippen LogP contribution is -2.58. The minimum Gasteiger partial charge on any atom is -0.332 e. The molecular formula is C28H24FN5O. The summed E-state index contributed by atoms with van der Waals surface area (Å²) in [6.07, 6.45) is 5.84. The summed E-state index contributed by atoms with van der Waals surface area (Å²) in [5.41, 5.74) is 4.12. The highest BCUT2D eigenvalue weighted by molar-refractivity contribution is 5.91. The summed E-state index contributed by atoms with van der Waals surface area (Å²) in [5, 5.41) is 12.8. The monoisotopic (exact) mass is 465 g/mol. The minimum atomic E-state index is -0.774. The Hall–Kier alpha value is -3.58. The van der Waals surface area contributed by atoms with Gasteiger partial charge in [0.15, 0.2) is 0 Å². The van der Waals surface area contributed by atoms with Crippen molar-refractivity contribution >= 4 is 16.8 Å². The first-order chi connectivity index (χ1) is 17.0. The Morgan fingerprint density at radius 3 is 2.86 bits per heavy atom. The van der Waals surface area contributed by atoms with E-state index in [1.807, 2.05) is 30.5 Å². The molecule has 2 aromatic heterocycles. The number of hydrogen-bond acceptors (Lipinski definition) is 4. The number of benzene rings is 2. The molecule has 1 saturated heterocycles. The lowest BCUT2D eigenvalue weighted by molar-refractivity contribution is -0.124. The van der Waals surface area contributed by atoms with Crippen molar-refractivity contribution in [2.45, 2.75) is 55.3 Å². The Balaban J connectivity index is 1.13. The van der Waals surface area contributed by atoms with Crippen LogP contribution in [-0.2, 0) is 28.8 Å². The van der Waals surface area contributed by atoms with Gasteiger partial charge < -0.3 is 5.32 Å². The Morgan fingerprint density at radius 1 is 1.03 bits per heavy atom. The number of halogens is 1. The van der Waals surface area contributed by atoms with Crippen molar-refractivity contribution in [1.82, 2.24) is 25.4 Å². The maximum absolute atomic E-state index is 14.7. The predicted molar refractivity (Wildman–Crippen MR) is 129 cm³/mol. The van der Waals surface area contributed by atoms with Gasteiger partial charge in [0.05, 0.1) is 11.2 Å². The molecule has 3 unspecified atom stereocenters. The number of pyridine rings is 1. The maximum Gasteiger partial charge on any atom is 0.242 e. The zero-order valence-electron chi connectivity index (χ0n) is 19.1. The summed E-state index contributed by atoms with van der Waals surface area (Å²) in [7, 11) is 0. The van der Waals surface area contributed by atoms with E-state index in [1.54, 1.807) is 6.07 Å². The number of rotatable bonds is 1. The first-order valence-corrected chi connectivity index (χ1v) is 12.3. The minimum absolute atomic E-state index is 0.000182. The molecule has 4 heterocycles. The van der Waals surface area contributed by atoms with Crippen LogP contribution in [-0.4, -0.2) is 26.2 Å². The molecule has 1 amide bonds. The fourth-order valence-electron chi connectivity index (χ4n) is 7.24. The maximum atomic E-state index is 14.7. The van der Waals surface area contributed by atoms with Crippen LogP contribution in [0.3, 0.4) is 0 Å². The Kier molecular flexibility index (Phi) is 3.57. The van der Waals surface area contributed by atoms with E-state index < -0.39 is 11.2 Å². The number of aryl methyl sites for hydroxylation is 1. The summed E-state index contributed by atoms with van der Waals surface area (Å²) in [6.45, 7) is 0.844. The molecule has 4 aromatic rings. The van der Waals surface area contributed by atoms with Crippen LogP contribution in [0.4, 0.5) is 4.39 Å². The largest absolute Gasteiger partial charge is 0.332 e. The van der Waals surface area contributed by atoms with Crippen LogP contribution < -0.4 is 10.6 Å². The van der Waals surface area contributed by atoms with E-state index in [0.29, 0.717) is 18.4 Å². The topological polar surface area (TPSA) is 71.8 Å². The van der Waals surface area contributed by atoms with E-state index in [1.165, 1.54) is 11.8 Å². The van der Waals surface area contributed by atoms with Gasteiger partial charge in [-0.2, -0.15) is 5.10 Å². The SMILES string of the molecule is O=C1NC2(Cc3cccc(F)c32)NC12CCC1(CCn3nc(-c4cnc5ccccc5c4)cc31)C2. The van der Waals surface area contributed by atoms with Gasteiger partial charge in [0.25, 0.3) is 0 Å². The standard InChI is InChI=1S/C28H24FN5O/c29-20-6-3-5-18-14-28(24(18)20)31-25(35)27(33-28)9-8-26(16-27)10-11-34-23(26)13-22(32-34)19-12-17-4-1-2-7-21(17)30-15-19/h1-7,12-13,15,33H,8-11,14,16H2,(H,31,35). The summed E-state index contributed by atoms with van der Waals surface area (Å²) in [5.74, 6) is -0.251. The van der Waals surface area contributed by atoms with Crippen LogP contribution in [0.2, 0.25) is 0 Å². The molecule has 3 atom stereocenters. The van der Waals surface area contributed by atoms with Gasteiger partial charge in [-0.15, -0.1) is 0 Å². The normalized spacial score (nSPS) is 30.3. The summed E-state index contributed by atoms with van der Waals surface area (Å²) < 4.78 is 16.8. The highest BCUT2D eigenvalue weighted by atomic mass is 19.1. The molecule has 35 heavy (non-hydrogen) atoms. The third-order valence-electron chi connectivity index (χ3n) is 8.88. The average Bonchev–Trinajstić information content (AvgIpc) is 3.58. The molecule has 7 heteroatoms. The molecular weight excluding hydrogens is 441 g/mol. The third kappa shape index (κ3) is 2.49. The van der Waals surface area contributed by atoms with E-state index in [9.17, 15) is 9.18 Å². The molecule has 8 rings (SSSR count). The van der Waals surface area contributed by atoms with E-state index in [4.69, 9.17) is 5.10 Å². The van der Waals surface area contributed by atoms with Gasteiger partial charge in [-0.3, -0.25) is 19.8 Å². The molecule has 3 spiro atoms. The molecule has 4 aliphatic rings. The number of hydrogen-bond donors (Lipinski definition) is 2. The fourth-order valence-corrected chi connectivity index (χ4v) is 7.24. The molecule has 2 aliphatic carbocycles. The molecule has 1 saturated carbocycles. The number of nitrogens with one attached hydrogen (secondary N) is 2. The van der Waals surface area contributed by atoms with Crippen molar-refractivity contribution in [2.75, 3.05) is 0 Å². The van der Waals surface area contributed by atoms with Gasteiger partial charge in [-0.1, -0.05) is 30.3 Å². The molecule has 2 aliphatic heterocycles. The Bertz CT molecular complexity index is 1560. The highest BCUT2D eigenvalue weighted by Gasteiger charge is 2.65. The number of carbonyl (C=O) groups is 1. The second-order valence-electron chi connectivity index (χ2n) is 10.8. The first-order valence-electron chi connectivity index (χ1n) is 12.3. The molecule has 2 aromatic carbocycles. The van der Waals surface area contributed by atoms with Gasteiger partial charge in [-0.05, 0) is 55.5 Å². The summed E-state index contributed by atoms with van der Waals surface area (Å²) in [6, 6.07) is 17.6.